The number of carbonyl (C=O) groups is 1. The number of halogens is 3. The summed E-state index contributed by atoms with van der Waals surface area (Å²) in [6, 6.07) is 5.67. The summed E-state index contributed by atoms with van der Waals surface area (Å²) in [6.45, 7) is 0.485. The first kappa shape index (κ1) is 16.2. The molecule has 0 aliphatic heterocycles. The lowest BCUT2D eigenvalue weighted by atomic mass is 9.95. The number of anilines is 1. The highest BCUT2D eigenvalue weighted by Gasteiger charge is 2.32. The fourth-order valence-electron chi connectivity index (χ4n) is 2.64. The number of nitrogens with two attached hydrogens (primary N) is 1. The molecule has 1 amide bonds. The number of alkyl halides is 3. The number of nitrogens with one attached hydrogen (secondary N) is 1. The summed E-state index contributed by atoms with van der Waals surface area (Å²) in [5.74, 6) is 0.00320. The predicted octanol–water partition coefficient (Wildman–Crippen LogP) is 3.61. The van der Waals surface area contributed by atoms with Crippen molar-refractivity contribution in [2.24, 2.45) is 17.6 Å². The molecule has 0 heterocycles. The Morgan fingerprint density at radius 3 is 2.52 bits per heavy atom. The molecule has 0 bridgehead atoms. The third-order valence-electron chi connectivity index (χ3n) is 3.65. The van der Waals surface area contributed by atoms with Crippen molar-refractivity contribution in [2.75, 3.05) is 11.9 Å². The lowest BCUT2D eigenvalue weighted by molar-refractivity contribution is -0.120. The summed E-state index contributed by atoms with van der Waals surface area (Å²) < 4.78 is 36.7. The Hall–Kier alpha value is -1.21. The number of hydrogen-bond acceptors (Lipinski definition) is 3. The molecule has 2 unspecified atom stereocenters. The molecule has 0 aromatic heterocycles. The zero-order chi connectivity index (χ0) is 15.5. The van der Waals surface area contributed by atoms with Crippen LogP contribution in [0.15, 0.2) is 29.2 Å². The average molecular weight is 318 g/mol. The standard InChI is InChI=1S/C14H17F3N2OS/c15-14(16,17)21-11-6-4-10(5-7-11)19-13(20)12-3-1-2-9(12)8-18/h4-7,9,12H,1-3,8,18H2,(H,19,20). The minimum Gasteiger partial charge on any atom is -0.330 e. The molecule has 1 aliphatic carbocycles. The van der Waals surface area contributed by atoms with E-state index in [-0.39, 0.29) is 34.4 Å². The Balaban J connectivity index is 1.95. The van der Waals surface area contributed by atoms with Crippen LogP contribution >= 0.6 is 11.8 Å². The molecule has 3 nitrogen and oxygen atoms in total. The summed E-state index contributed by atoms with van der Waals surface area (Å²) in [6.07, 6.45) is 2.76. The SMILES string of the molecule is NCC1CCCC1C(=O)Nc1ccc(SC(F)(F)F)cc1. The normalized spacial score (nSPS) is 22.3. The number of carbonyl (C=O) groups excluding carboxylic acids is 1. The van der Waals surface area contributed by atoms with Crippen molar-refractivity contribution < 1.29 is 18.0 Å². The minimum absolute atomic E-state index is 0.0979. The van der Waals surface area contributed by atoms with Crippen molar-refractivity contribution in [3.05, 3.63) is 24.3 Å². The molecular formula is C14H17F3N2OS. The largest absolute Gasteiger partial charge is 0.446 e. The number of thioether (sulfide) groups is 1. The van der Waals surface area contributed by atoms with Crippen LogP contribution in [0.5, 0.6) is 0 Å². The Morgan fingerprint density at radius 1 is 1.29 bits per heavy atom. The summed E-state index contributed by atoms with van der Waals surface area (Å²) in [5, 5.41) is 2.75. The van der Waals surface area contributed by atoms with Crippen LogP contribution in [-0.4, -0.2) is 18.0 Å². The lowest BCUT2D eigenvalue weighted by Gasteiger charge is -2.17. The topological polar surface area (TPSA) is 55.1 Å². The van der Waals surface area contributed by atoms with E-state index in [4.69, 9.17) is 5.73 Å². The third kappa shape index (κ3) is 4.64. The van der Waals surface area contributed by atoms with Gasteiger partial charge in [-0.25, -0.2) is 0 Å². The molecule has 1 aliphatic rings. The first-order valence-electron chi connectivity index (χ1n) is 6.76. The number of benzene rings is 1. The van der Waals surface area contributed by atoms with E-state index in [1.54, 1.807) is 0 Å². The maximum atomic E-state index is 12.2. The Morgan fingerprint density at radius 2 is 1.95 bits per heavy atom. The van der Waals surface area contributed by atoms with E-state index in [2.05, 4.69) is 5.32 Å². The molecule has 7 heteroatoms. The van der Waals surface area contributed by atoms with E-state index >= 15 is 0 Å². The van der Waals surface area contributed by atoms with Gasteiger partial charge in [0.05, 0.1) is 0 Å². The van der Waals surface area contributed by atoms with Crippen LogP contribution < -0.4 is 11.1 Å². The molecule has 0 spiro atoms. The molecule has 1 aromatic carbocycles. The fraction of sp³-hybridized carbons (Fsp3) is 0.500. The van der Waals surface area contributed by atoms with Crippen LogP contribution in [0.3, 0.4) is 0 Å². The first-order valence-corrected chi connectivity index (χ1v) is 7.57. The molecule has 2 rings (SSSR count). The molecule has 1 saturated carbocycles. The van der Waals surface area contributed by atoms with Crippen LogP contribution in [0.25, 0.3) is 0 Å². The zero-order valence-electron chi connectivity index (χ0n) is 11.3. The van der Waals surface area contributed by atoms with Gasteiger partial charge in [0.2, 0.25) is 5.91 Å². The Kier molecular flexibility index (Phi) is 5.16. The molecule has 2 atom stereocenters. The van der Waals surface area contributed by atoms with Gasteiger partial charge in [0.1, 0.15) is 0 Å². The van der Waals surface area contributed by atoms with Crippen LogP contribution in [0.2, 0.25) is 0 Å². The van der Waals surface area contributed by atoms with Gasteiger partial charge in [0.15, 0.2) is 0 Å². The van der Waals surface area contributed by atoms with Crippen LogP contribution in [0.4, 0.5) is 18.9 Å². The molecule has 3 N–H and O–H groups in total. The summed E-state index contributed by atoms with van der Waals surface area (Å²) in [4.78, 5) is 12.2. The van der Waals surface area contributed by atoms with Gasteiger partial charge in [-0.3, -0.25) is 4.79 Å². The van der Waals surface area contributed by atoms with Gasteiger partial charge in [-0.05, 0) is 61.3 Å². The van der Waals surface area contributed by atoms with Gasteiger partial charge < -0.3 is 11.1 Å². The van der Waals surface area contributed by atoms with E-state index in [0.717, 1.165) is 19.3 Å². The minimum atomic E-state index is -4.30. The van der Waals surface area contributed by atoms with Crippen molar-refractivity contribution in [3.63, 3.8) is 0 Å². The second-order valence-electron chi connectivity index (χ2n) is 5.09. The first-order chi connectivity index (χ1) is 9.89. The van der Waals surface area contributed by atoms with Gasteiger partial charge in [-0.1, -0.05) is 6.42 Å². The zero-order valence-corrected chi connectivity index (χ0v) is 12.1. The Bertz CT molecular complexity index is 490. The second-order valence-corrected chi connectivity index (χ2v) is 6.23. The van der Waals surface area contributed by atoms with E-state index in [1.807, 2.05) is 0 Å². The van der Waals surface area contributed by atoms with Gasteiger partial charge in [-0.2, -0.15) is 13.2 Å². The monoisotopic (exact) mass is 318 g/mol. The predicted molar refractivity (Wildman–Crippen MR) is 76.9 cm³/mol. The maximum Gasteiger partial charge on any atom is 0.446 e. The number of amides is 1. The maximum absolute atomic E-state index is 12.2. The number of rotatable bonds is 4. The van der Waals surface area contributed by atoms with Gasteiger partial charge in [0, 0.05) is 16.5 Å². The third-order valence-corrected chi connectivity index (χ3v) is 4.39. The van der Waals surface area contributed by atoms with E-state index in [0.29, 0.717) is 12.2 Å². The van der Waals surface area contributed by atoms with Gasteiger partial charge in [-0.15, -0.1) is 0 Å². The van der Waals surface area contributed by atoms with Crippen molar-refractivity contribution in [1.29, 1.82) is 0 Å². The molecule has 0 saturated heterocycles. The quantitative estimate of drug-likeness (QED) is 0.834. The summed E-state index contributed by atoms with van der Waals surface area (Å²) in [7, 11) is 0. The van der Waals surface area contributed by atoms with E-state index < -0.39 is 5.51 Å². The smallest absolute Gasteiger partial charge is 0.330 e. The average Bonchev–Trinajstić information content (AvgIpc) is 2.87. The van der Waals surface area contributed by atoms with Crippen LogP contribution in [0, 0.1) is 11.8 Å². The highest BCUT2D eigenvalue weighted by molar-refractivity contribution is 8.00. The number of hydrogen-bond donors (Lipinski definition) is 2. The lowest BCUT2D eigenvalue weighted by Crippen LogP contribution is -2.29. The fourth-order valence-corrected chi connectivity index (χ4v) is 3.18. The van der Waals surface area contributed by atoms with E-state index in [9.17, 15) is 18.0 Å². The molecule has 116 valence electrons. The molecular weight excluding hydrogens is 301 g/mol. The molecule has 1 aromatic rings. The van der Waals surface area contributed by atoms with Crippen molar-refractivity contribution >= 4 is 23.4 Å². The van der Waals surface area contributed by atoms with Gasteiger partial charge >= 0.3 is 5.51 Å². The second kappa shape index (κ2) is 6.70. The summed E-state index contributed by atoms with van der Waals surface area (Å²) >= 11 is -0.172. The Labute approximate surface area is 125 Å². The summed E-state index contributed by atoms with van der Waals surface area (Å²) in [5.41, 5.74) is 1.85. The molecule has 0 radical (unpaired) electrons. The van der Waals surface area contributed by atoms with Crippen LogP contribution in [0.1, 0.15) is 19.3 Å². The van der Waals surface area contributed by atoms with Crippen molar-refractivity contribution in [3.8, 4) is 0 Å². The van der Waals surface area contributed by atoms with Gasteiger partial charge in [0.25, 0.3) is 0 Å². The van der Waals surface area contributed by atoms with Crippen molar-refractivity contribution in [1.82, 2.24) is 0 Å². The van der Waals surface area contributed by atoms with Crippen molar-refractivity contribution in [2.45, 2.75) is 29.7 Å². The highest BCUT2D eigenvalue weighted by Crippen LogP contribution is 2.37. The molecule has 21 heavy (non-hydrogen) atoms. The highest BCUT2D eigenvalue weighted by atomic mass is 32.2. The molecule has 1 fully saturated rings. The van der Waals surface area contributed by atoms with E-state index in [1.165, 1.54) is 24.3 Å². The van der Waals surface area contributed by atoms with Crippen LogP contribution in [-0.2, 0) is 4.79 Å².